The molecule has 144 valence electrons. The van der Waals surface area contributed by atoms with Gasteiger partial charge in [-0.25, -0.2) is 4.79 Å². The highest BCUT2D eigenvalue weighted by Gasteiger charge is 2.33. The minimum absolute atomic E-state index is 0.0112. The Morgan fingerprint density at radius 3 is 2.68 bits per heavy atom. The van der Waals surface area contributed by atoms with E-state index in [0.29, 0.717) is 11.3 Å². The second kappa shape index (κ2) is 8.22. The van der Waals surface area contributed by atoms with E-state index in [4.69, 9.17) is 16.3 Å². The summed E-state index contributed by atoms with van der Waals surface area (Å²) in [5.41, 5.74) is 1.65. The summed E-state index contributed by atoms with van der Waals surface area (Å²) in [5.74, 6) is -1.52. The van der Waals surface area contributed by atoms with E-state index in [2.05, 4.69) is 5.32 Å². The summed E-state index contributed by atoms with van der Waals surface area (Å²) in [5, 5.41) is 13.8. The molecule has 7 nitrogen and oxygen atoms in total. The van der Waals surface area contributed by atoms with Gasteiger partial charge in [0.2, 0.25) is 5.91 Å². The summed E-state index contributed by atoms with van der Waals surface area (Å²) in [7, 11) is 0. The number of allylic oxidation sites excluding steroid dienone is 1. The predicted molar refractivity (Wildman–Crippen MR) is 103 cm³/mol. The van der Waals surface area contributed by atoms with Gasteiger partial charge in [-0.2, -0.15) is 0 Å². The lowest BCUT2D eigenvalue weighted by Crippen LogP contribution is -2.34. The number of hydrogen-bond acceptors (Lipinski definition) is 5. The van der Waals surface area contributed by atoms with Crippen LogP contribution < -0.4 is 5.32 Å². The summed E-state index contributed by atoms with van der Waals surface area (Å²) in [4.78, 5) is 35.4. The summed E-state index contributed by atoms with van der Waals surface area (Å²) < 4.78 is 5.42. The first kappa shape index (κ1) is 19.6. The normalized spacial score (nSPS) is 16.5. The van der Waals surface area contributed by atoms with Crippen molar-refractivity contribution in [2.75, 3.05) is 0 Å². The summed E-state index contributed by atoms with van der Waals surface area (Å²) in [6.45, 7) is 1.69. The largest absolute Gasteiger partial charge is 0.457 e. The Kier molecular flexibility index (Phi) is 5.75. The standard InChI is InChI=1S/C20H17ClN2O5/c1-12-19(20(25)28-11-13-5-3-2-4-6-13)15(10-18(24)22-12)14-7-8-16(21)17(9-14)23(26)27/h2-9,15H,10-11H2,1H3,(H,22,24). The zero-order valence-corrected chi connectivity index (χ0v) is 15.7. The zero-order chi connectivity index (χ0) is 20.3. The Balaban J connectivity index is 1.91. The molecule has 8 heteroatoms. The van der Waals surface area contributed by atoms with Crippen molar-refractivity contribution in [1.29, 1.82) is 0 Å². The van der Waals surface area contributed by atoms with Gasteiger partial charge in [-0.05, 0) is 24.1 Å². The van der Waals surface area contributed by atoms with Crippen LogP contribution >= 0.6 is 11.6 Å². The fraction of sp³-hybridized carbons (Fsp3) is 0.200. The molecule has 0 aliphatic carbocycles. The number of ether oxygens (including phenoxy) is 1. The van der Waals surface area contributed by atoms with Gasteiger partial charge in [-0.15, -0.1) is 0 Å². The molecular weight excluding hydrogens is 384 g/mol. The highest BCUT2D eigenvalue weighted by molar-refractivity contribution is 6.32. The van der Waals surface area contributed by atoms with Gasteiger partial charge in [0.1, 0.15) is 11.6 Å². The van der Waals surface area contributed by atoms with Gasteiger partial charge in [-0.3, -0.25) is 14.9 Å². The molecule has 0 saturated carbocycles. The number of carbonyl (C=O) groups excluding carboxylic acids is 2. The van der Waals surface area contributed by atoms with Gasteiger partial charge in [0.25, 0.3) is 5.69 Å². The van der Waals surface area contributed by atoms with Crippen molar-refractivity contribution >= 4 is 29.2 Å². The van der Waals surface area contributed by atoms with Crippen molar-refractivity contribution < 1.29 is 19.2 Å². The molecule has 1 unspecified atom stereocenters. The third kappa shape index (κ3) is 4.20. The number of nitrogens with one attached hydrogen (secondary N) is 1. The smallest absolute Gasteiger partial charge is 0.336 e. The average molecular weight is 401 g/mol. The predicted octanol–water partition coefficient (Wildman–Crippen LogP) is 3.87. The van der Waals surface area contributed by atoms with Crippen LogP contribution in [0.25, 0.3) is 0 Å². The summed E-state index contributed by atoms with van der Waals surface area (Å²) in [6.07, 6.45) is -0.0219. The number of benzene rings is 2. The maximum atomic E-state index is 12.8. The number of esters is 1. The van der Waals surface area contributed by atoms with Crippen molar-refractivity contribution in [2.45, 2.75) is 25.9 Å². The van der Waals surface area contributed by atoms with E-state index >= 15 is 0 Å². The highest BCUT2D eigenvalue weighted by atomic mass is 35.5. The minimum atomic E-state index is -0.659. The van der Waals surface area contributed by atoms with Gasteiger partial charge < -0.3 is 10.1 Å². The van der Waals surface area contributed by atoms with Crippen molar-refractivity contribution in [3.63, 3.8) is 0 Å². The second-order valence-electron chi connectivity index (χ2n) is 6.37. The monoisotopic (exact) mass is 400 g/mol. The molecule has 1 amide bonds. The lowest BCUT2D eigenvalue weighted by atomic mass is 9.84. The molecule has 0 spiro atoms. The first-order valence-corrected chi connectivity index (χ1v) is 8.90. The molecule has 1 aliphatic rings. The van der Waals surface area contributed by atoms with Crippen LogP contribution in [-0.2, 0) is 20.9 Å². The van der Waals surface area contributed by atoms with Gasteiger partial charge in [0, 0.05) is 24.1 Å². The first-order valence-electron chi connectivity index (χ1n) is 8.52. The van der Waals surface area contributed by atoms with Crippen molar-refractivity contribution in [3.05, 3.63) is 86.1 Å². The van der Waals surface area contributed by atoms with E-state index in [1.165, 1.54) is 12.1 Å². The molecule has 3 rings (SSSR count). The number of rotatable bonds is 5. The van der Waals surface area contributed by atoms with E-state index in [1.54, 1.807) is 13.0 Å². The third-order valence-corrected chi connectivity index (χ3v) is 4.79. The average Bonchev–Trinajstić information content (AvgIpc) is 2.66. The number of nitro groups is 1. The molecule has 0 saturated heterocycles. The highest BCUT2D eigenvalue weighted by Crippen LogP contribution is 2.37. The maximum Gasteiger partial charge on any atom is 0.336 e. The van der Waals surface area contributed by atoms with Gasteiger partial charge >= 0.3 is 5.97 Å². The molecule has 1 N–H and O–H groups in total. The molecule has 1 heterocycles. The zero-order valence-electron chi connectivity index (χ0n) is 15.0. The number of amides is 1. The molecule has 1 atom stereocenters. The molecule has 2 aromatic carbocycles. The van der Waals surface area contributed by atoms with Crippen LogP contribution in [0.5, 0.6) is 0 Å². The van der Waals surface area contributed by atoms with E-state index in [1.807, 2.05) is 30.3 Å². The van der Waals surface area contributed by atoms with E-state index in [9.17, 15) is 19.7 Å². The molecule has 0 radical (unpaired) electrons. The topological polar surface area (TPSA) is 98.5 Å². The Morgan fingerprint density at radius 1 is 1.29 bits per heavy atom. The molecule has 0 aromatic heterocycles. The first-order chi connectivity index (χ1) is 13.4. The van der Waals surface area contributed by atoms with E-state index < -0.39 is 16.8 Å². The summed E-state index contributed by atoms with van der Waals surface area (Å²) in [6, 6.07) is 13.5. The second-order valence-corrected chi connectivity index (χ2v) is 6.78. The van der Waals surface area contributed by atoms with Crippen LogP contribution in [-0.4, -0.2) is 16.8 Å². The Labute approximate surface area is 166 Å². The van der Waals surface area contributed by atoms with Gasteiger partial charge in [0.05, 0.1) is 10.5 Å². The quantitative estimate of drug-likeness (QED) is 0.466. The number of halogens is 1. The number of nitro benzene ring substituents is 1. The maximum absolute atomic E-state index is 12.8. The minimum Gasteiger partial charge on any atom is -0.457 e. The van der Waals surface area contributed by atoms with Crippen LogP contribution in [0.1, 0.15) is 30.4 Å². The van der Waals surface area contributed by atoms with E-state index in [0.717, 1.165) is 5.56 Å². The van der Waals surface area contributed by atoms with Crippen LogP contribution in [0, 0.1) is 10.1 Å². The van der Waals surface area contributed by atoms with Gasteiger partial charge in [-0.1, -0.05) is 48.0 Å². The van der Waals surface area contributed by atoms with Crippen LogP contribution in [0.2, 0.25) is 5.02 Å². The van der Waals surface area contributed by atoms with Crippen molar-refractivity contribution in [2.24, 2.45) is 0 Å². The molecule has 0 bridgehead atoms. The molecule has 1 aliphatic heterocycles. The number of carbonyl (C=O) groups is 2. The lowest BCUT2D eigenvalue weighted by Gasteiger charge is -2.26. The Bertz CT molecular complexity index is 972. The molecular formula is C20H17ClN2O5. The number of hydrogen-bond donors (Lipinski definition) is 1. The number of nitrogens with zero attached hydrogens (tertiary/aromatic N) is 1. The Hall–Kier alpha value is -3.19. The van der Waals surface area contributed by atoms with Crippen LogP contribution in [0.3, 0.4) is 0 Å². The Morgan fingerprint density at radius 2 is 2.00 bits per heavy atom. The fourth-order valence-corrected chi connectivity index (χ4v) is 3.33. The van der Waals surface area contributed by atoms with Crippen molar-refractivity contribution in [1.82, 2.24) is 5.32 Å². The lowest BCUT2D eigenvalue weighted by molar-refractivity contribution is -0.384. The summed E-state index contributed by atoms with van der Waals surface area (Å²) >= 11 is 5.88. The van der Waals surface area contributed by atoms with Gasteiger partial charge in [0.15, 0.2) is 0 Å². The fourth-order valence-electron chi connectivity index (χ4n) is 3.14. The van der Waals surface area contributed by atoms with E-state index in [-0.39, 0.29) is 35.2 Å². The SMILES string of the molecule is CC1=C(C(=O)OCc2ccccc2)C(c2ccc(Cl)c([N+](=O)[O-])c2)CC(=O)N1. The third-order valence-electron chi connectivity index (χ3n) is 4.47. The molecule has 0 fully saturated rings. The molecule has 2 aromatic rings. The van der Waals surface area contributed by atoms with Crippen LogP contribution in [0.4, 0.5) is 5.69 Å². The van der Waals surface area contributed by atoms with Crippen LogP contribution in [0.15, 0.2) is 59.8 Å². The van der Waals surface area contributed by atoms with Crippen molar-refractivity contribution in [3.8, 4) is 0 Å². The molecule has 28 heavy (non-hydrogen) atoms.